The first-order chi connectivity index (χ1) is 13.1. The molecule has 28 heavy (non-hydrogen) atoms. The zero-order valence-electron chi connectivity index (χ0n) is 15.1. The third-order valence-electron chi connectivity index (χ3n) is 3.54. The fourth-order valence-electron chi connectivity index (χ4n) is 2.30. The molecule has 152 valence electrons. The van der Waals surface area contributed by atoms with Gasteiger partial charge in [-0.1, -0.05) is 11.6 Å². The zero-order chi connectivity index (χ0) is 20.9. The average molecular weight is 420 g/mol. The van der Waals surface area contributed by atoms with E-state index in [1.165, 1.54) is 48.0 Å². The number of nitrogens with zero attached hydrogens (tertiary/aromatic N) is 2. The summed E-state index contributed by atoms with van der Waals surface area (Å²) < 4.78 is 55.1. The second kappa shape index (κ2) is 9.20. The molecular formula is C18H18ClF4N3O2. The van der Waals surface area contributed by atoms with Gasteiger partial charge in [0.2, 0.25) is 5.91 Å². The monoisotopic (exact) mass is 419 g/mol. The van der Waals surface area contributed by atoms with E-state index in [2.05, 4.69) is 15.2 Å². The molecule has 0 saturated heterocycles. The van der Waals surface area contributed by atoms with Crippen LogP contribution in [0.2, 0.25) is 5.15 Å². The molecule has 0 saturated carbocycles. The summed E-state index contributed by atoms with van der Waals surface area (Å²) in [6.45, 7) is 1.56. The Morgan fingerprint density at radius 2 is 2.00 bits per heavy atom. The van der Waals surface area contributed by atoms with Crippen LogP contribution in [0.4, 0.5) is 17.6 Å². The number of rotatable bonds is 7. The SMILES string of the molecule is Cc1nn(-c2ccc(F)cc2)c(Cl)c1/C=C/C(=O)NC(C)COCC(F)(F)F. The molecule has 0 aliphatic rings. The van der Waals surface area contributed by atoms with Crippen molar-refractivity contribution in [2.45, 2.75) is 26.1 Å². The highest BCUT2D eigenvalue weighted by molar-refractivity contribution is 6.31. The van der Waals surface area contributed by atoms with E-state index in [0.29, 0.717) is 16.9 Å². The number of carbonyl (C=O) groups is 1. The molecule has 5 nitrogen and oxygen atoms in total. The van der Waals surface area contributed by atoms with Crippen LogP contribution in [-0.2, 0) is 9.53 Å². The summed E-state index contributed by atoms with van der Waals surface area (Å²) >= 11 is 6.30. The predicted molar refractivity (Wildman–Crippen MR) is 96.8 cm³/mol. The van der Waals surface area contributed by atoms with Crippen LogP contribution < -0.4 is 5.32 Å². The Morgan fingerprint density at radius 3 is 2.61 bits per heavy atom. The van der Waals surface area contributed by atoms with Crippen molar-refractivity contribution < 1.29 is 27.1 Å². The maximum Gasteiger partial charge on any atom is 0.411 e. The molecule has 1 amide bonds. The van der Waals surface area contributed by atoms with Gasteiger partial charge in [-0.05, 0) is 44.2 Å². The summed E-state index contributed by atoms with van der Waals surface area (Å²) in [5, 5.41) is 6.99. The molecular weight excluding hydrogens is 402 g/mol. The maximum absolute atomic E-state index is 13.1. The van der Waals surface area contributed by atoms with Crippen LogP contribution in [0.5, 0.6) is 0 Å². The maximum atomic E-state index is 13.1. The van der Waals surface area contributed by atoms with Crippen molar-refractivity contribution >= 4 is 23.6 Å². The van der Waals surface area contributed by atoms with Crippen LogP contribution in [0.1, 0.15) is 18.2 Å². The second-order valence-electron chi connectivity index (χ2n) is 6.05. The summed E-state index contributed by atoms with van der Waals surface area (Å²) in [6, 6.07) is 4.95. The number of halogens is 5. The molecule has 1 N–H and O–H groups in total. The van der Waals surface area contributed by atoms with Crippen LogP contribution in [0.25, 0.3) is 11.8 Å². The number of benzene rings is 1. The zero-order valence-corrected chi connectivity index (χ0v) is 15.8. The second-order valence-corrected chi connectivity index (χ2v) is 6.41. The van der Waals surface area contributed by atoms with Crippen molar-refractivity contribution in [3.05, 3.63) is 52.6 Å². The molecule has 1 aromatic heterocycles. The van der Waals surface area contributed by atoms with E-state index in [1.807, 2.05) is 0 Å². The van der Waals surface area contributed by atoms with Crippen molar-refractivity contribution in [1.29, 1.82) is 0 Å². The molecule has 0 radical (unpaired) electrons. The van der Waals surface area contributed by atoms with Crippen molar-refractivity contribution in [2.24, 2.45) is 0 Å². The molecule has 0 spiro atoms. The van der Waals surface area contributed by atoms with Crippen molar-refractivity contribution in [3.63, 3.8) is 0 Å². The molecule has 10 heteroatoms. The van der Waals surface area contributed by atoms with E-state index >= 15 is 0 Å². The van der Waals surface area contributed by atoms with E-state index in [-0.39, 0.29) is 11.8 Å². The molecule has 0 aliphatic carbocycles. The van der Waals surface area contributed by atoms with Crippen molar-refractivity contribution in [3.8, 4) is 5.69 Å². The lowest BCUT2D eigenvalue weighted by molar-refractivity contribution is -0.175. The van der Waals surface area contributed by atoms with Gasteiger partial charge in [0.25, 0.3) is 0 Å². The summed E-state index contributed by atoms with van der Waals surface area (Å²) in [5.74, 6) is -0.915. The first kappa shape index (κ1) is 21.9. The molecule has 1 atom stereocenters. The highest BCUT2D eigenvalue weighted by Gasteiger charge is 2.27. The number of ether oxygens (including phenoxy) is 1. The summed E-state index contributed by atoms with van der Waals surface area (Å²) in [6.07, 6.45) is -1.77. The van der Waals surface area contributed by atoms with Crippen molar-refractivity contribution in [1.82, 2.24) is 15.1 Å². The summed E-state index contributed by atoms with van der Waals surface area (Å²) in [4.78, 5) is 11.9. The van der Waals surface area contributed by atoms with E-state index in [0.717, 1.165) is 0 Å². The van der Waals surface area contributed by atoms with E-state index in [1.54, 1.807) is 6.92 Å². The highest BCUT2D eigenvalue weighted by Crippen LogP contribution is 2.24. The Hall–Kier alpha value is -2.39. The van der Waals surface area contributed by atoms with E-state index in [9.17, 15) is 22.4 Å². The van der Waals surface area contributed by atoms with Crippen LogP contribution in [0.3, 0.4) is 0 Å². The molecule has 0 fully saturated rings. The van der Waals surface area contributed by atoms with E-state index in [4.69, 9.17) is 11.6 Å². The minimum absolute atomic E-state index is 0.231. The molecule has 1 unspecified atom stereocenters. The normalized spacial score (nSPS) is 13.1. The first-order valence-electron chi connectivity index (χ1n) is 8.21. The Bertz CT molecular complexity index is 848. The van der Waals surface area contributed by atoms with Gasteiger partial charge < -0.3 is 10.1 Å². The Morgan fingerprint density at radius 1 is 1.36 bits per heavy atom. The van der Waals surface area contributed by atoms with Gasteiger partial charge in [-0.15, -0.1) is 0 Å². The minimum atomic E-state index is -4.41. The molecule has 1 heterocycles. The summed E-state index contributed by atoms with van der Waals surface area (Å²) in [7, 11) is 0. The lowest BCUT2D eigenvalue weighted by atomic mass is 10.2. The van der Waals surface area contributed by atoms with Gasteiger partial charge in [0.15, 0.2) is 0 Å². The topological polar surface area (TPSA) is 56.2 Å². The van der Waals surface area contributed by atoms with E-state index < -0.39 is 30.5 Å². The molecule has 2 aromatic rings. The van der Waals surface area contributed by atoms with Gasteiger partial charge in [-0.3, -0.25) is 4.79 Å². The van der Waals surface area contributed by atoms with Gasteiger partial charge >= 0.3 is 6.18 Å². The number of carbonyl (C=O) groups excluding carboxylic acids is 1. The number of hydrogen-bond acceptors (Lipinski definition) is 3. The van der Waals surface area contributed by atoms with Gasteiger partial charge in [0.1, 0.15) is 17.6 Å². The van der Waals surface area contributed by atoms with Gasteiger partial charge in [-0.2, -0.15) is 18.3 Å². The average Bonchev–Trinajstić information content (AvgIpc) is 2.87. The number of amides is 1. The van der Waals surface area contributed by atoms with Crippen LogP contribution in [0, 0.1) is 12.7 Å². The Balaban J connectivity index is 2.00. The standard InChI is InChI=1S/C18H18ClF4N3O2/c1-11(9-28-10-18(21,22)23)24-16(27)8-7-15-12(2)25-26(17(15)19)14-5-3-13(20)4-6-14/h3-8,11H,9-10H2,1-2H3,(H,24,27)/b8-7+. The van der Waals surface area contributed by atoms with Crippen LogP contribution in [-0.4, -0.2) is 41.1 Å². The molecule has 1 aromatic carbocycles. The predicted octanol–water partition coefficient (Wildman–Crippen LogP) is 4.07. The minimum Gasteiger partial charge on any atom is -0.370 e. The molecule has 0 bridgehead atoms. The van der Waals surface area contributed by atoms with Crippen LogP contribution in [0.15, 0.2) is 30.3 Å². The number of nitrogens with one attached hydrogen (secondary N) is 1. The fraction of sp³-hybridized carbons (Fsp3) is 0.333. The third-order valence-corrected chi connectivity index (χ3v) is 3.91. The highest BCUT2D eigenvalue weighted by atomic mass is 35.5. The lowest BCUT2D eigenvalue weighted by Gasteiger charge is -2.14. The quantitative estimate of drug-likeness (QED) is 0.543. The first-order valence-corrected chi connectivity index (χ1v) is 8.59. The Kier molecular flexibility index (Phi) is 7.20. The smallest absolute Gasteiger partial charge is 0.370 e. The van der Waals surface area contributed by atoms with Crippen LogP contribution >= 0.6 is 11.6 Å². The van der Waals surface area contributed by atoms with Gasteiger partial charge in [0, 0.05) is 17.7 Å². The van der Waals surface area contributed by atoms with Gasteiger partial charge in [-0.25, -0.2) is 9.07 Å². The fourth-order valence-corrected chi connectivity index (χ4v) is 2.63. The number of aromatic nitrogens is 2. The Labute approximate surface area is 163 Å². The summed E-state index contributed by atoms with van der Waals surface area (Å²) in [5.41, 5.74) is 1.58. The number of hydrogen-bond donors (Lipinski definition) is 1. The molecule has 0 aliphatic heterocycles. The number of aryl methyl sites for hydroxylation is 1. The third kappa shape index (κ3) is 6.35. The van der Waals surface area contributed by atoms with Crippen molar-refractivity contribution in [2.75, 3.05) is 13.2 Å². The number of alkyl halides is 3. The molecule has 2 rings (SSSR count). The largest absolute Gasteiger partial charge is 0.411 e. The lowest BCUT2D eigenvalue weighted by Crippen LogP contribution is -2.35. The van der Waals surface area contributed by atoms with Gasteiger partial charge in [0.05, 0.1) is 18.0 Å².